The van der Waals surface area contributed by atoms with Crippen molar-refractivity contribution in [2.75, 3.05) is 13.2 Å². The predicted octanol–water partition coefficient (Wildman–Crippen LogP) is 4.68. The quantitative estimate of drug-likeness (QED) is 0.695. The number of dihydropyridines is 1. The van der Waals surface area contributed by atoms with Gasteiger partial charge in [-0.3, -0.25) is 4.79 Å². The van der Waals surface area contributed by atoms with Gasteiger partial charge in [-0.25, -0.2) is 4.79 Å². The summed E-state index contributed by atoms with van der Waals surface area (Å²) in [5.74, 6) is -0.913. The number of allylic oxidation sites excluding steroid dienone is 3. The van der Waals surface area contributed by atoms with Crippen LogP contribution in [0, 0.1) is 0 Å². The monoisotopic (exact) mass is 435 g/mol. The van der Waals surface area contributed by atoms with Crippen LogP contribution in [0.25, 0.3) is 0 Å². The Morgan fingerprint density at radius 2 is 2.07 bits per heavy atom. The summed E-state index contributed by atoms with van der Waals surface area (Å²) in [6.45, 7) is 2.75. The van der Waals surface area contributed by atoms with Crippen LogP contribution in [0.1, 0.15) is 50.5 Å². The van der Waals surface area contributed by atoms with Crippen molar-refractivity contribution in [3.05, 3.63) is 56.3 Å². The van der Waals surface area contributed by atoms with E-state index in [-0.39, 0.29) is 18.5 Å². The fraction of sp³-hybridized carbons (Fsp3) is 0.455. The Bertz CT molecular complexity index is 915. The minimum atomic E-state index is -0.522. The molecule has 1 aromatic carbocycles. The lowest BCUT2D eigenvalue weighted by Crippen LogP contribution is -2.35. The largest absolute Gasteiger partial charge is 0.459 e. The number of benzene rings is 1. The van der Waals surface area contributed by atoms with Crippen molar-refractivity contribution >= 4 is 35.0 Å². The summed E-state index contributed by atoms with van der Waals surface area (Å²) in [4.78, 5) is 26.0. The van der Waals surface area contributed by atoms with Crippen molar-refractivity contribution in [1.82, 2.24) is 5.32 Å². The van der Waals surface area contributed by atoms with Gasteiger partial charge < -0.3 is 14.8 Å². The Morgan fingerprint density at radius 3 is 2.79 bits per heavy atom. The van der Waals surface area contributed by atoms with Crippen LogP contribution >= 0.6 is 23.2 Å². The SMILES string of the molecule is CC1=C(C(=O)OC[C@H]2CCCO2)[C@@H](c2ccc(Cl)c(Cl)c2)C2=C(CCCC2=O)N1. The molecular formula is C22H23Cl2NO4. The molecule has 3 aliphatic rings. The van der Waals surface area contributed by atoms with Crippen molar-refractivity contribution in [3.63, 3.8) is 0 Å². The smallest absolute Gasteiger partial charge is 0.336 e. The van der Waals surface area contributed by atoms with Crippen molar-refractivity contribution in [1.29, 1.82) is 0 Å². The van der Waals surface area contributed by atoms with E-state index in [1.165, 1.54) is 0 Å². The molecule has 154 valence electrons. The Balaban J connectivity index is 1.71. The Hall–Kier alpha value is -1.82. The van der Waals surface area contributed by atoms with Gasteiger partial charge in [-0.15, -0.1) is 0 Å². The molecule has 2 heterocycles. The van der Waals surface area contributed by atoms with Gasteiger partial charge in [0.1, 0.15) is 6.61 Å². The van der Waals surface area contributed by atoms with E-state index in [4.69, 9.17) is 32.7 Å². The van der Waals surface area contributed by atoms with Crippen LogP contribution in [0.15, 0.2) is 40.7 Å². The minimum absolute atomic E-state index is 0.0479. The van der Waals surface area contributed by atoms with Crippen LogP contribution in [0.5, 0.6) is 0 Å². The van der Waals surface area contributed by atoms with Crippen LogP contribution in [0.3, 0.4) is 0 Å². The molecule has 1 saturated heterocycles. The summed E-state index contributed by atoms with van der Waals surface area (Å²) in [5.41, 5.74) is 3.41. The van der Waals surface area contributed by atoms with E-state index >= 15 is 0 Å². The number of Topliss-reactive ketones (excluding diaryl/α,β-unsaturated/α-hetero) is 1. The van der Waals surface area contributed by atoms with Gasteiger partial charge in [0.15, 0.2) is 5.78 Å². The zero-order valence-corrected chi connectivity index (χ0v) is 17.7. The highest BCUT2D eigenvalue weighted by Crippen LogP contribution is 2.43. The van der Waals surface area contributed by atoms with Crippen LogP contribution < -0.4 is 5.32 Å². The third-order valence-electron chi connectivity index (χ3n) is 5.70. The molecule has 2 atom stereocenters. The first-order chi connectivity index (χ1) is 14.0. The van der Waals surface area contributed by atoms with Crippen molar-refractivity contribution in [3.8, 4) is 0 Å². The predicted molar refractivity (Wildman–Crippen MR) is 111 cm³/mol. The molecule has 0 aromatic heterocycles. The standard InChI is InChI=1S/C22H23Cl2NO4/c1-12-19(22(27)29-11-14-4-3-9-28-14)20(13-7-8-15(23)16(24)10-13)21-17(25-12)5-2-6-18(21)26/h7-8,10,14,20,25H,2-6,9,11H2,1H3/t14-,20-/m1/s1. The zero-order valence-electron chi connectivity index (χ0n) is 16.2. The molecule has 0 spiro atoms. The first kappa shape index (κ1) is 20.5. The molecule has 5 nitrogen and oxygen atoms in total. The molecule has 0 unspecified atom stereocenters. The average molecular weight is 436 g/mol. The molecule has 1 fully saturated rings. The lowest BCUT2D eigenvalue weighted by atomic mass is 9.75. The number of ether oxygens (including phenoxy) is 2. The summed E-state index contributed by atoms with van der Waals surface area (Å²) >= 11 is 12.4. The summed E-state index contributed by atoms with van der Waals surface area (Å²) in [5, 5.41) is 4.10. The molecule has 1 aliphatic carbocycles. The van der Waals surface area contributed by atoms with Gasteiger partial charge in [-0.05, 0) is 50.3 Å². The number of hydrogen-bond acceptors (Lipinski definition) is 5. The second kappa shape index (κ2) is 8.50. The number of hydrogen-bond donors (Lipinski definition) is 1. The first-order valence-corrected chi connectivity index (χ1v) is 10.7. The van der Waals surface area contributed by atoms with Gasteiger partial charge in [-0.2, -0.15) is 0 Å². The van der Waals surface area contributed by atoms with E-state index in [0.717, 1.165) is 36.9 Å². The molecule has 1 N–H and O–H groups in total. The Kier molecular flexibility index (Phi) is 6.00. The maximum absolute atomic E-state index is 13.1. The van der Waals surface area contributed by atoms with E-state index in [0.29, 0.717) is 39.9 Å². The lowest BCUT2D eigenvalue weighted by molar-refractivity contribution is -0.142. The van der Waals surface area contributed by atoms with E-state index in [2.05, 4.69) is 5.32 Å². The molecule has 0 radical (unpaired) electrons. The fourth-order valence-corrected chi connectivity index (χ4v) is 4.61. The highest BCUT2D eigenvalue weighted by molar-refractivity contribution is 6.42. The number of carbonyl (C=O) groups excluding carboxylic acids is 2. The summed E-state index contributed by atoms with van der Waals surface area (Å²) in [7, 11) is 0. The Morgan fingerprint density at radius 1 is 1.24 bits per heavy atom. The van der Waals surface area contributed by atoms with E-state index < -0.39 is 11.9 Å². The van der Waals surface area contributed by atoms with Crippen LogP contribution in [0.2, 0.25) is 10.0 Å². The Labute approximate surface area is 180 Å². The highest BCUT2D eigenvalue weighted by atomic mass is 35.5. The molecule has 4 rings (SSSR count). The van der Waals surface area contributed by atoms with Gasteiger partial charge in [0, 0.05) is 35.9 Å². The molecular weight excluding hydrogens is 413 g/mol. The molecule has 0 saturated carbocycles. The van der Waals surface area contributed by atoms with Crippen molar-refractivity contribution in [2.45, 2.75) is 51.0 Å². The molecule has 0 bridgehead atoms. The summed E-state index contributed by atoms with van der Waals surface area (Å²) in [6, 6.07) is 5.24. The van der Waals surface area contributed by atoms with Gasteiger partial charge in [0.25, 0.3) is 0 Å². The summed E-state index contributed by atoms with van der Waals surface area (Å²) in [6.07, 6.45) is 3.83. The van der Waals surface area contributed by atoms with Crippen LogP contribution in [-0.2, 0) is 19.1 Å². The van der Waals surface area contributed by atoms with Crippen LogP contribution in [0.4, 0.5) is 0 Å². The summed E-state index contributed by atoms with van der Waals surface area (Å²) < 4.78 is 11.2. The number of ketones is 1. The average Bonchev–Trinajstić information content (AvgIpc) is 3.21. The van der Waals surface area contributed by atoms with E-state index in [1.54, 1.807) is 12.1 Å². The van der Waals surface area contributed by atoms with Gasteiger partial charge in [-0.1, -0.05) is 29.3 Å². The first-order valence-electron chi connectivity index (χ1n) is 9.93. The fourth-order valence-electron chi connectivity index (χ4n) is 4.30. The molecule has 0 amide bonds. The number of carbonyl (C=O) groups is 2. The maximum atomic E-state index is 13.1. The number of esters is 1. The van der Waals surface area contributed by atoms with E-state index in [1.807, 2.05) is 13.0 Å². The second-order valence-corrected chi connectivity index (χ2v) is 8.49. The zero-order chi connectivity index (χ0) is 20.5. The number of nitrogens with one attached hydrogen (secondary N) is 1. The molecule has 2 aliphatic heterocycles. The number of rotatable bonds is 4. The van der Waals surface area contributed by atoms with E-state index in [9.17, 15) is 9.59 Å². The lowest BCUT2D eigenvalue weighted by Gasteiger charge is -2.34. The van der Waals surface area contributed by atoms with Crippen molar-refractivity contribution < 1.29 is 19.1 Å². The van der Waals surface area contributed by atoms with Gasteiger partial charge in [0.05, 0.1) is 21.7 Å². The second-order valence-electron chi connectivity index (χ2n) is 7.67. The number of halogens is 2. The highest BCUT2D eigenvalue weighted by Gasteiger charge is 2.39. The van der Waals surface area contributed by atoms with Gasteiger partial charge >= 0.3 is 5.97 Å². The maximum Gasteiger partial charge on any atom is 0.336 e. The molecule has 29 heavy (non-hydrogen) atoms. The minimum Gasteiger partial charge on any atom is -0.459 e. The normalized spacial score (nSPS) is 24.4. The topological polar surface area (TPSA) is 64.6 Å². The van der Waals surface area contributed by atoms with Crippen LogP contribution in [-0.4, -0.2) is 31.1 Å². The van der Waals surface area contributed by atoms with Gasteiger partial charge in [0.2, 0.25) is 0 Å². The molecule has 1 aromatic rings. The third-order valence-corrected chi connectivity index (χ3v) is 6.44. The third kappa shape index (κ3) is 4.09. The van der Waals surface area contributed by atoms with Crippen molar-refractivity contribution in [2.24, 2.45) is 0 Å². The molecule has 7 heteroatoms.